The Hall–Kier alpha value is -1.39. The average molecular weight is 145 g/mol. The first-order valence-electron chi connectivity index (χ1n) is 2.57. The quantitative estimate of drug-likeness (QED) is 0.527. The van der Waals surface area contributed by atoms with Crippen molar-refractivity contribution in [3.05, 3.63) is 0 Å². The monoisotopic (exact) mass is 145 g/mol. The number of carboxylic acids is 2. The molecule has 0 aliphatic heterocycles. The van der Waals surface area contributed by atoms with E-state index < -0.39 is 11.9 Å². The summed E-state index contributed by atoms with van der Waals surface area (Å²) in [4.78, 5) is 22.9. The zero-order valence-corrected chi connectivity index (χ0v) is 5.15. The number of rotatable bonds is 4. The highest BCUT2D eigenvalue weighted by Gasteiger charge is 1.93. The number of hydrogen-bond donors (Lipinski definition) is 2. The Bertz CT molecular complexity index is 163. The Kier molecular flexibility index (Phi) is 3.86. The molecule has 0 aromatic heterocycles. The van der Waals surface area contributed by atoms with Gasteiger partial charge in [-0.1, -0.05) is 0 Å². The van der Waals surface area contributed by atoms with Crippen LogP contribution in [-0.4, -0.2) is 34.9 Å². The number of aliphatic imine (C=N–C) groups is 1. The standard InChI is InChI=1S/C5H7NO4/c7-4(8)1-2-6-3-5(9)10/h3H,1-2H2,(H,7,8)(H,9,10). The van der Waals surface area contributed by atoms with E-state index in [1.54, 1.807) is 0 Å². The predicted molar refractivity (Wildman–Crippen MR) is 33.2 cm³/mol. The molecule has 0 aromatic carbocycles. The molecule has 5 heteroatoms. The molecule has 0 bridgehead atoms. The smallest absolute Gasteiger partial charge is 0.346 e. The molecule has 0 aromatic rings. The van der Waals surface area contributed by atoms with E-state index in [-0.39, 0.29) is 13.0 Å². The molecular formula is C5H7NO4. The van der Waals surface area contributed by atoms with Crippen LogP contribution in [0.2, 0.25) is 0 Å². The molecule has 0 amide bonds. The van der Waals surface area contributed by atoms with Crippen molar-refractivity contribution in [2.75, 3.05) is 6.54 Å². The van der Waals surface area contributed by atoms with Crippen LogP contribution in [-0.2, 0) is 9.59 Å². The van der Waals surface area contributed by atoms with Crippen LogP contribution in [0.15, 0.2) is 4.99 Å². The van der Waals surface area contributed by atoms with Gasteiger partial charge in [0.1, 0.15) is 6.21 Å². The summed E-state index contributed by atoms with van der Waals surface area (Å²) in [7, 11) is 0. The number of nitrogens with zero attached hydrogens (tertiary/aromatic N) is 1. The predicted octanol–water partition coefficient (Wildman–Crippen LogP) is -0.384. The fourth-order valence-electron chi connectivity index (χ4n) is 0.303. The maximum atomic E-state index is 9.82. The molecule has 0 rings (SSSR count). The highest BCUT2D eigenvalue weighted by molar-refractivity contribution is 6.21. The number of aliphatic carboxylic acids is 2. The van der Waals surface area contributed by atoms with E-state index in [1.807, 2.05) is 0 Å². The minimum atomic E-state index is -1.16. The van der Waals surface area contributed by atoms with E-state index in [9.17, 15) is 9.59 Å². The average Bonchev–Trinajstić information content (AvgIpc) is 1.79. The summed E-state index contributed by atoms with van der Waals surface area (Å²) in [6.07, 6.45) is 0.548. The summed E-state index contributed by atoms with van der Waals surface area (Å²) < 4.78 is 0. The lowest BCUT2D eigenvalue weighted by Gasteiger charge is -1.85. The summed E-state index contributed by atoms with van der Waals surface area (Å²) in [5.74, 6) is -2.15. The second-order valence-electron chi connectivity index (χ2n) is 1.52. The van der Waals surface area contributed by atoms with E-state index >= 15 is 0 Å². The molecule has 0 aliphatic rings. The van der Waals surface area contributed by atoms with Crippen molar-refractivity contribution in [1.29, 1.82) is 0 Å². The second kappa shape index (κ2) is 4.49. The van der Waals surface area contributed by atoms with Gasteiger partial charge in [-0.05, 0) is 0 Å². The molecule has 0 radical (unpaired) electrons. The second-order valence-corrected chi connectivity index (χ2v) is 1.52. The molecule has 0 unspecified atom stereocenters. The molecule has 0 fully saturated rings. The molecule has 0 spiro atoms. The molecule has 5 nitrogen and oxygen atoms in total. The van der Waals surface area contributed by atoms with Crippen molar-refractivity contribution in [3.8, 4) is 0 Å². The number of hydrogen-bond acceptors (Lipinski definition) is 3. The van der Waals surface area contributed by atoms with Crippen LogP contribution in [0.5, 0.6) is 0 Å². The van der Waals surface area contributed by atoms with Crippen LogP contribution >= 0.6 is 0 Å². The maximum Gasteiger partial charge on any atom is 0.346 e. The van der Waals surface area contributed by atoms with Crippen molar-refractivity contribution in [2.45, 2.75) is 6.42 Å². The van der Waals surface area contributed by atoms with Crippen LogP contribution in [0.4, 0.5) is 0 Å². The molecular weight excluding hydrogens is 138 g/mol. The highest BCUT2D eigenvalue weighted by Crippen LogP contribution is 1.78. The van der Waals surface area contributed by atoms with Crippen LogP contribution in [0, 0.1) is 0 Å². The first-order chi connectivity index (χ1) is 4.63. The van der Waals surface area contributed by atoms with Gasteiger partial charge < -0.3 is 10.2 Å². The molecule has 0 saturated carbocycles. The van der Waals surface area contributed by atoms with Crippen LogP contribution in [0.3, 0.4) is 0 Å². The molecule has 0 atom stereocenters. The van der Waals surface area contributed by atoms with E-state index in [4.69, 9.17) is 10.2 Å². The first kappa shape index (κ1) is 8.61. The third kappa shape index (κ3) is 6.61. The summed E-state index contributed by atoms with van der Waals surface area (Å²) >= 11 is 0. The fourth-order valence-corrected chi connectivity index (χ4v) is 0.303. The zero-order chi connectivity index (χ0) is 7.98. The third-order valence-corrected chi connectivity index (χ3v) is 0.656. The van der Waals surface area contributed by atoms with E-state index in [0.29, 0.717) is 6.21 Å². The minimum Gasteiger partial charge on any atom is -0.481 e. The highest BCUT2D eigenvalue weighted by atomic mass is 16.4. The molecule has 0 aliphatic carbocycles. The van der Waals surface area contributed by atoms with Crippen molar-refractivity contribution in [3.63, 3.8) is 0 Å². The van der Waals surface area contributed by atoms with Crippen molar-refractivity contribution >= 4 is 18.2 Å². The summed E-state index contributed by atoms with van der Waals surface area (Å²) in [6, 6.07) is 0. The maximum absolute atomic E-state index is 9.82. The van der Waals surface area contributed by atoms with E-state index in [1.165, 1.54) is 0 Å². The lowest BCUT2D eigenvalue weighted by Crippen LogP contribution is -2.00. The number of carboxylic acid groups (broad SMARTS) is 2. The van der Waals surface area contributed by atoms with Crippen molar-refractivity contribution in [2.24, 2.45) is 4.99 Å². The largest absolute Gasteiger partial charge is 0.481 e. The van der Waals surface area contributed by atoms with E-state index in [2.05, 4.69) is 4.99 Å². The number of carbonyl (C=O) groups is 2. The van der Waals surface area contributed by atoms with Gasteiger partial charge in [-0.25, -0.2) is 4.79 Å². The minimum absolute atomic E-state index is 0.0155. The lowest BCUT2D eigenvalue weighted by atomic mass is 10.4. The van der Waals surface area contributed by atoms with Crippen molar-refractivity contribution < 1.29 is 19.8 Å². The molecule has 56 valence electrons. The molecule has 0 saturated heterocycles. The Morgan fingerprint density at radius 1 is 1.40 bits per heavy atom. The Balaban J connectivity index is 3.36. The van der Waals surface area contributed by atoms with Gasteiger partial charge in [0.15, 0.2) is 0 Å². The Labute approximate surface area is 57.0 Å². The van der Waals surface area contributed by atoms with Gasteiger partial charge in [0.25, 0.3) is 0 Å². The summed E-state index contributed by atoms with van der Waals surface area (Å²) in [5, 5.41) is 16.0. The van der Waals surface area contributed by atoms with Gasteiger partial charge in [-0.3, -0.25) is 9.79 Å². The zero-order valence-electron chi connectivity index (χ0n) is 5.15. The van der Waals surface area contributed by atoms with Gasteiger partial charge in [-0.15, -0.1) is 0 Å². The topological polar surface area (TPSA) is 87.0 Å². The molecule has 0 heterocycles. The molecule has 2 N–H and O–H groups in total. The molecule has 10 heavy (non-hydrogen) atoms. The Morgan fingerprint density at radius 2 is 2.00 bits per heavy atom. The van der Waals surface area contributed by atoms with Crippen LogP contribution in [0.1, 0.15) is 6.42 Å². The van der Waals surface area contributed by atoms with Gasteiger partial charge in [0.05, 0.1) is 6.42 Å². The van der Waals surface area contributed by atoms with Gasteiger partial charge >= 0.3 is 11.9 Å². The summed E-state index contributed by atoms with van der Waals surface area (Å²) in [5.41, 5.74) is 0. The third-order valence-electron chi connectivity index (χ3n) is 0.656. The normalized spacial score (nSPS) is 10.0. The van der Waals surface area contributed by atoms with Crippen molar-refractivity contribution in [1.82, 2.24) is 0 Å². The van der Waals surface area contributed by atoms with Gasteiger partial charge in [-0.2, -0.15) is 0 Å². The summed E-state index contributed by atoms with van der Waals surface area (Å²) in [6.45, 7) is 0.0155. The van der Waals surface area contributed by atoms with E-state index in [0.717, 1.165) is 0 Å². The van der Waals surface area contributed by atoms with Crippen LogP contribution < -0.4 is 0 Å². The SMILES string of the molecule is O=C(O)C=NCCC(=O)O. The van der Waals surface area contributed by atoms with Gasteiger partial charge in [0, 0.05) is 6.54 Å². The fraction of sp³-hybridized carbons (Fsp3) is 0.400. The van der Waals surface area contributed by atoms with Crippen LogP contribution in [0.25, 0.3) is 0 Å². The Morgan fingerprint density at radius 3 is 2.40 bits per heavy atom. The van der Waals surface area contributed by atoms with Gasteiger partial charge in [0.2, 0.25) is 0 Å². The lowest BCUT2D eigenvalue weighted by molar-refractivity contribution is -0.136. The first-order valence-corrected chi connectivity index (χ1v) is 2.57.